The van der Waals surface area contributed by atoms with Gasteiger partial charge in [0.25, 0.3) is 5.91 Å². The molecule has 2 aromatic rings. The Morgan fingerprint density at radius 1 is 1.30 bits per heavy atom. The average molecular weight is 317 g/mol. The minimum absolute atomic E-state index is 0.260. The highest BCUT2D eigenvalue weighted by Crippen LogP contribution is 2.17. The number of rotatable bonds is 5. The summed E-state index contributed by atoms with van der Waals surface area (Å²) in [5, 5.41) is 6.66. The zero-order chi connectivity index (χ0) is 16.1. The van der Waals surface area contributed by atoms with E-state index in [4.69, 9.17) is 14.0 Å². The number of morpholine rings is 1. The average Bonchev–Trinajstić information content (AvgIpc) is 3.11. The molecule has 0 saturated carbocycles. The van der Waals surface area contributed by atoms with Crippen LogP contribution in [0.3, 0.4) is 0 Å². The minimum atomic E-state index is -0.260. The molecule has 0 atom stereocenters. The first-order valence-corrected chi connectivity index (χ1v) is 7.47. The van der Waals surface area contributed by atoms with Gasteiger partial charge in [0.1, 0.15) is 5.75 Å². The fourth-order valence-corrected chi connectivity index (χ4v) is 2.32. The Morgan fingerprint density at radius 2 is 2.04 bits per heavy atom. The maximum absolute atomic E-state index is 12.1. The van der Waals surface area contributed by atoms with Crippen LogP contribution in [-0.2, 0) is 11.3 Å². The molecule has 1 aromatic heterocycles. The lowest BCUT2D eigenvalue weighted by atomic mass is 10.2. The summed E-state index contributed by atoms with van der Waals surface area (Å²) in [5.41, 5.74) is 1.26. The standard InChI is InChI=1S/C16H19N3O4/c1-21-13-4-2-12(3-5-13)11-17-16(20)14-10-15(23-18-14)19-6-8-22-9-7-19/h2-5,10H,6-9,11H2,1H3,(H,17,20). The van der Waals surface area contributed by atoms with E-state index in [0.29, 0.717) is 25.6 Å². The number of benzene rings is 1. The molecule has 1 fully saturated rings. The first kappa shape index (κ1) is 15.4. The van der Waals surface area contributed by atoms with Crippen LogP contribution in [0, 0.1) is 0 Å². The zero-order valence-corrected chi connectivity index (χ0v) is 12.9. The molecular weight excluding hydrogens is 298 g/mol. The Hall–Kier alpha value is -2.54. The molecule has 2 heterocycles. The molecule has 1 N–H and O–H groups in total. The van der Waals surface area contributed by atoms with Gasteiger partial charge >= 0.3 is 0 Å². The van der Waals surface area contributed by atoms with Gasteiger partial charge in [-0.05, 0) is 17.7 Å². The summed E-state index contributed by atoms with van der Waals surface area (Å²) in [7, 11) is 1.62. The van der Waals surface area contributed by atoms with Gasteiger partial charge in [-0.1, -0.05) is 17.3 Å². The molecule has 1 aromatic carbocycles. The first-order chi connectivity index (χ1) is 11.3. The molecule has 1 aliphatic heterocycles. The van der Waals surface area contributed by atoms with E-state index >= 15 is 0 Å². The van der Waals surface area contributed by atoms with Crippen LogP contribution in [0.5, 0.6) is 5.75 Å². The Kier molecular flexibility index (Phi) is 4.77. The highest BCUT2D eigenvalue weighted by molar-refractivity contribution is 5.92. The molecule has 1 aliphatic rings. The second-order valence-electron chi connectivity index (χ2n) is 5.18. The number of nitrogens with one attached hydrogen (secondary N) is 1. The Morgan fingerprint density at radius 3 is 2.74 bits per heavy atom. The number of amides is 1. The highest BCUT2D eigenvalue weighted by atomic mass is 16.5. The topological polar surface area (TPSA) is 76.8 Å². The fourth-order valence-electron chi connectivity index (χ4n) is 2.32. The van der Waals surface area contributed by atoms with Gasteiger partial charge in [-0.3, -0.25) is 4.79 Å². The van der Waals surface area contributed by atoms with Crippen LogP contribution >= 0.6 is 0 Å². The predicted octanol–water partition coefficient (Wildman–Crippen LogP) is 1.45. The van der Waals surface area contributed by atoms with Crippen molar-refractivity contribution in [2.24, 2.45) is 0 Å². The summed E-state index contributed by atoms with van der Waals surface area (Å²) >= 11 is 0. The van der Waals surface area contributed by atoms with Crippen molar-refractivity contribution in [3.63, 3.8) is 0 Å². The molecule has 3 rings (SSSR count). The molecule has 23 heavy (non-hydrogen) atoms. The number of hydrogen-bond donors (Lipinski definition) is 1. The van der Waals surface area contributed by atoms with E-state index in [1.54, 1.807) is 13.2 Å². The molecular formula is C16H19N3O4. The van der Waals surface area contributed by atoms with Gasteiger partial charge in [-0.2, -0.15) is 0 Å². The maximum Gasteiger partial charge on any atom is 0.273 e. The fraction of sp³-hybridized carbons (Fsp3) is 0.375. The van der Waals surface area contributed by atoms with Crippen molar-refractivity contribution in [2.75, 3.05) is 38.3 Å². The molecule has 1 amide bonds. The predicted molar refractivity (Wildman–Crippen MR) is 83.7 cm³/mol. The summed E-state index contributed by atoms with van der Waals surface area (Å²) in [6, 6.07) is 9.18. The number of carbonyl (C=O) groups excluding carboxylic acids is 1. The lowest BCUT2D eigenvalue weighted by Gasteiger charge is -2.25. The third kappa shape index (κ3) is 3.81. The van der Waals surface area contributed by atoms with E-state index in [0.717, 1.165) is 24.4 Å². The number of methoxy groups -OCH3 is 1. The Labute approximate surface area is 134 Å². The van der Waals surface area contributed by atoms with Crippen molar-refractivity contribution >= 4 is 11.8 Å². The van der Waals surface area contributed by atoms with E-state index in [-0.39, 0.29) is 11.6 Å². The molecule has 7 nitrogen and oxygen atoms in total. The largest absolute Gasteiger partial charge is 0.497 e. The van der Waals surface area contributed by atoms with Crippen LogP contribution in [0.15, 0.2) is 34.9 Å². The van der Waals surface area contributed by atoms with E-state index in [1.165, 1.54) is 0 Å². The van der Waals surface area contributed by atoms with Crippen molar-refractivity contribution in [1.82, 2.24) is 10.5 Å². The van der Waals surface area contributed by atoms with Crippen LogP contribution in [0.4, 0.5) is 5.88 Å². The van der Waals surface area contributed by atoms with Crippen molar-refractivity contribution in [3.05, 3.63) is 41.6 Å². The number of aromatic nitrogens is 1. The van der Waals surface area contributed by atoms with Gasteiger partial charge in [-0.25, -0.2) is 0 Å². The lowest BCUT2D eigenvalue weighted by Crippen LogP contribution is -2.35. The number of carbonyl (C=O) groups is 1. The van der Waals surface area contributed by atoms with Gasteiger partial charge in [0.2, 0.25) is 5.88 Å². The number of nitrogens with zero attached hydrogens (tertiary/aromatic N) is 2. The highest BCUT2D eigenvalue weighted by Gasteiger charge is 2.18. The van der Waals surface area contributed by atoms with Crippen LogP contribution in [-0.4, -0.2) is 44.5 Å². The van der Waals surface area contributed by atoms with Gasteiger partial charge in [0.15, 0.2) is 5.69 Å². The molecule has 0 unspecified atom stereocenters. The van der Waals surface area contributed by atoms with Crippen LogP contribution < -0.4 is 15.0 Å². The smallest absolute Gasteiger partial charge is 0.273 e. The summed E-state index contributed by atoms with van der Waals surface area (Å²) < 4.78 is 15.6. The van der Waals surface area contributed by atoms with E-state index in [1.807, 2.05) is 29.2 Å². The van der Waals surface area contributed by atoms with Gasteiger partial charge in [0.05, 0.1) is 20.3 Å². The number of hydrogen-bond acceptors (Lipinski definition) is 6. The summed E-state index contributed by atoms with van der Waals surface area (Å²) in [5.74, 6) is 1.12. The quantitative estimate of drug-likeness (QED) is 0.899. The van der Waals surface area contributed by atoms with Crippen molar-refractivity contribution < 1.29 is 18.8 Å². The van der Waals surface area contributed by atoms with E-state index < -0.39 is 0 Å². The van der Waals surface area contributed by atoms with Gasteiger partial charge in [-0.15, -0.1) is 0 Å². The van der Waals surface area contributed by atoms with Crippen molar-refractivity contribution in [3.8, 4) is 5.75 Å². The second kappa shape index (κ2) is 7.15. The van der Waals surface area contributed by atoms with Crippen LogP contribution in [0.1, 0.15) is 16.1 Å². The molecule has 1 saturated heterocycles. The summed E-state index contributed by atoms with van der Waals surface area (Å²) in [4.78, 5) is 14.1. The molecule has 0 aliphatic carbocycles. The van der Waals surface area contributed by atoms with Gasteiger partial charge < -0.3 is 24.2 Å². The van der Waals surface area contributed by atoms with Gasteiger partial charge in [0, 0.05) is 25.7 Å². The number of ether oxygens (including phenoxy) is 2. The Balaban J connectivity index is 1.56. The van der Waals surface area contributed by atoms with Crippen molar-refractivity contribution in [1.29, 1.82) is 0 Å². The second-order valence-corrected chi connectivity index (χ2v) is 5.18. The van der Waals surface area contributed by atoms with Crippen LogP contribution in [0.2, 0.25) is 0 Å². The molecule has 0 spiro atoms. The first-order valence-electron chi connectivity index (χ1n) is 7.47. The third-order valence-electron chi connectivity index (χ3n) is 3.67. The van der Waals surface area contributed by atoms with Crippen molar-refractivity contribution in [2.45, 2.75) is 6.54 Å². The Bertz CT molecular complexity index is 648. The lowest BCUT2D eigenvalue weighted by molar-refractivity contribution is 0.0941. The molecule has 122 valence electrons. The summed E-state index contributed by atoms with van der Waals surface area (Å²) in [6.07, 6.45) is 0. The molecule has 0 radical (unpaired) electrons. The molecule has 7 heteroatoms. The van der Waals surface area contributed by atoms with Crippen LogP contribution in [0.25, 0.3) is 0 Å². The monoisotopic (exact) mass is 317 g/mol. The van der Waals surface area contributed by atoms with E-state index in [9.17, 15) is 4.79 Å². The maximum atomic E-state index is 12.1. The molecule has 0 bridgehead atoms. The zero-order valence-electron chi connectivity index (χ0n) is 12.9. The SMILES string of the molecule is COc1ccc(CNC(=O)c2cc(N3CCOCC3)on2)cc1. The number of anilines is 1. The third-order valence-corrected chi connectivity index (χ3v) is 3.67. The van der Waals surface area contributed by atoms with E-state index in [2.05, 4.69) is 10.5 Å². The minimum Gasteiger partial charge on any atom is -0.497 e. The normalized spacial score (nSPS) is 14.6. The summed E-state index contributed by atoms with van der Waals surface area (Å²) in [6.45, 7) is 3.20.